The molecule has 0 spiro atoms. The second kappa shape index (κ2) is 6.20. The minimum Gasteiger partial charge on any atom is -0.508 e. The average Bonchev–Trinajstić information content (AvgIpc) is 3.10. The van der Waals surface area contributed by atoms with E-state index in [0.29, 0.717) is 0 Å². The molecule has 0 saturated carbocycles. The van der Waals surface area contributed by atoms with Gasteiger partial charge in [0.1, 0.15) is 11.5 Å². The van der Waals surface area contributed by atoms with E-state index in [0.717, 1.165) is 22.0 Å². The highest BCUT2D eigenvalue weighted by molar-refractivity contribution is 6.40. The highest BCUT2D eigenvalue weighted by Crippen LogP contribution is 2.33. The maximum atomic E-state index is 12.8. The maximum Gasteiger partial charge on any atom is 0.266 e. The van der Waals surface area contributed by atoms with Crippen LogP contribution in [0.4, 0.5) is 11.4 Å². The van der Waals surface area contributed by atoms with Crippen LogP contribution >= 0.6 is 0 Å². The minimum absolute atomic E-state index is 0.132. The Labute approximate surface area is 158 Å². The van der Waals surface area contributed by atoms with Gasteiger partial charge in [-0.3, -0.25) is 19.2 Å². The molecule has 0 radical (unpaired) electrons. The third-order valence-corrected chi connectivity index (χ3v) is 4.31. The van der Waals surface area contributed by atoms with Crippen LogP contribution in [0.25, 0.3) is 0 Å². The van der Waals surface area contributed by atoms with Gasteiger partial charge in [-0.05, 0) is 24.3 Å². The number of carbonyl (C=O) groups is 4. The standard InChI is InChI=1S/C20H12N2O6/c23-13-5-1-3-11(7-13)21-17(25)9-15(19(21)27)16-10-18(26)22(20(16)28)12-4-2-6-14(24)8-12/h1-10,23-24H. The number of phenolic OH excluding ortho intramolecular Hbond substituents is 2. The number of phenols is 2. The highest BCUT2D eigenvalue weighted by atomic mass is 16.3. The first-order valence-corrected chi connectivity index (χ1v) is 8.15. The second-order valence-corrected chi connectivity index (χ2v) is 6.11. The van der Waals surface area contributed by atoms with Crippen LogP contribution < -0.4 is 9.80 Å². The summed E-state index contributed by atoms with van der Waals surface area (Å²) in [5.41, 5.74) is -0.143. The molecule has 4 amide bonds. The Bertz CT molecular complexity index is 1040. The SMILES string of the molecule is O=C1C=C(C2=CC(=O)N(c3cccc(O)c3)C2=O)C(=O)N1c1cccc(O)c1. The number of aromatic hydroxyl groups is 2. The number of amides is 4. The van der Waals surface area contributed by atoms with Crippen LogP contribution in [0.2, 0.25) is 0 Å². The number of nitrogens with zero attached hydrogens (tertiary/aromatic N) is 2. The molecule has 28 heavy (non-hydrogen) atoms. The lowest BCUT2D eigenvalue weighted by molar-refractivity contribution is -0.122. The first kappa shape index (κ1) is 17.2. The molecular formula is C20H12N2O6. The quantitative estimate of drug-likeness (QED) is 0.783. The van der Waals surface area contributed by atoms with E-state index in [4.69, 9.17) is 0 Å². The van der Waals surface area contributed by atoms with Crippen molar-refractivity contribution in [3.05, 3.63) is 71.8 Å². The fourth-order valence-electron chi connectivity index (χ4n) is 3.08. The lowest BCUT2D eigenvalue weighted by atomic mass is 10.1. The van der Waals surface area contributed by atoms with Gasteiger partial charge in [-0.2, -0.15) is 0 Å². The number of rotatable bonds is 3. The first-order valence-electron chi connectivity index (χ1n) is 8.15. The Morgan fingerprint density at radius 3 is 1.36 bits per heavy atom. The Morgan fingerprint density at radius 1 is 0.607 bits per heavy atom. The van der Waals surface area contributed by atoms with Gasteiger partial charge >= 0.3 is 0 Å². The summed E-state index contributed by atoms with van der Waals surface area (Å²) < 4.78 is 0. The lowest BCUT2D eigenvalue weighted by Gasteiger charge is -2.16. The molecular weight excluding hydrogens is 364 g/mol. The Kier molecular flexibility index (Phi) is 3.82. The molecule has 0 aromatic heterocycles. The first-order chi connectivity index (χ1) is 13.4. The fourth-order valence-corrected chi connectivity index (χ4v) is 3.08. The molecule has 2 aromatic rings. The van der Waals surface area contributed by atoms with E-state index in [1.807, 2.05) is 0 Å². The number of benzene rings is 2. The summed E-state index contributed by atoms with van der Waals surface area (Å²) in [6.07, 6.45) is 1.96. The van der Waals surface area contributed by atoms with Gasteiger partial charge in [0.25, 0.3) is 23.6 Å². The zero-order valence-electron chi connectivity index (χ0n) is 14.2. The average molecular weight is 376 g/mol. The molecule has 8 heteroatoms. The lowest BCUT2D eigenvalue weighted by Crippen LogP contribution is -2.33. The molecule has 4 rings (SSSR count). The van der Waals surface area contributed by atoms with Gasteiger partial charge in [-0.15, -0.1) is 0 Å². The molecule has 2 heterocycles. The zero-order chi connectivity index (χ0) is 20.0. The van der Waals surface area contributed by atoms with Crippen LogP contribution in [-0.2, 0) is 19.2 Å². The Balaban J connectivity index is 1.67. The molecule has 0 unspecified atom stereocenters. The van der Waals surface area contributed by atoms with Crippen LogP contribution in [0.3, 0.4) is 0 Å². The van der Waals surface area contributed by atoms with Crippen LogP contribution in [0.1, 0.15) is 0 Å². The molecule has 0 aliphatic carbocycles. The normalized spacial score (nSPS) is 16.7. The largest absolute Gasteiger partial charge is 0.508 e. The van der Waals surface area contributed by atoms with Crippen molar-refractivity contribution in [3.8, 4) is 11.5 Å². The predicted molar refractivity (Wildman–Crippen MR) is 97.4 cm³/mol. The van der Waals surface area contributed by atoms with E-state index in [1.54, 1.807) is 0 Å². The number of hydrogen-bond acceptors (Lipinski definition) is 6. The fraction of sp³-hybridized carbons (Fsp3) is 0. The third-order valence-electron chi connectivity index (χ3n) is 4.31. The van der Waals surface area contributed by atoms with Crippen molar-refractivity contribution in [2.45, 2.75) is 0 Å². The molecule has 138 valence electrons. The number of carbonyl (C=O) groups excluding carboxylic acids is 4. The van der Waals surface area contributed by atoms with Gasteiger partial charge in [-0.25, -0.2) is 9.80 Å². The van der Waals surface area contributed by atoms with Crippen LogP contribution in [0.5, 0.6) is 11.5 Å². The van der Waals surface area contributed by atoms with Crippen molar-refractivity contribution >= 4 is 35.0 Å². The van der Waals surface area contributed by atoms with Crippen LogP contribution in [0.15, 0.2) is 71.8 Å². The number of hydrogen-bond donors (Lipinski definition) is 2. The Hall–Kier alpha value is -4.20. The van der Waals surface area contributed by atoms with Crippen LogP contribution in [0, 0.1) is 0 Å². The predicted octanol–water partition coefficient (Wildman–Crippen LogP) is 1.40. The molecule has 2 aliphatic heterocycles. The number of imide groups is 2. The highest BCUT2D eigenvalue weighted by Gasteiger charge is 2.42. The minimum atomic E-state index is -0.777. The maximum absolute atomic E-state index is 12.8. The van der Waals surface area contributed by atoms with Gasteiger partial charge in [0.05, 0.1) is 22.5 Å². The van der Waals surface area contributed by atoms with Gasteiger partial charge in [-0.1, -0.05) is 12.1 Å². The smallest absolute Gasteiger partial charge is 0.266 e. The van der Waals surface area contributed by atoms with Crippen LogP contribution in [-0.4, -0.2) is 33.8 Å². The van der Waals surface area contributed by atoms with E-state index in [2.05, 4.69) is 0 Å². The topological polar surface area (TPSA) is 115 Å². The second-order valence-electron chi connectivity index (χ2n) is 6.11. The van der Waals surface area contributed by atoms with Crippen molar-refractivity contribution in [3.63, 3.8) is 0 Å². The summed E-state index contributed by atoms with van der Waals surface area (Å²) in [4.78, 5) is 51.8. The molecule has 0 fully saturated rings. The van der Waals surface area contributed by atoms with E-state index in [-0.39, 0.29) is 34.0 Å². The zero-order valence-corrected chi connectivity index (χ0v) is 14.2. The molecule has 2 aromatic carbocycles. The van der Waals surface area contributed by atoms with E-state index >= 15 is 0 Å². The van der Waals surface area contributed by atoms with Crippen molar-refractivity contribution in [1.29, 1.82) is 0 Å². The molecule has 2 N–H and O–H groups in total. The summed E-state index contributed by atoms with van der Waals surface area (Å²) in [7, 11) is 0. The third kappa shape index (κ3) is 2.64. The van der Waals surface area contributed by atoms with Gasteiger partial charge in [0.2, 0.25) is 0 Å². The van der Waals surface area contributed by atoms with E-state index in [1.165, 1.54) is 48.5 Å². The number of anilines is 2. The molecule has 0 bridgehead atoms. The van der Waals surface area contributed by atoms with E-state index < -0.39 is 23.6 Å². The molecule has 0 saturated heterocycles. The van der Waals surface area contributed by atoms with Crippen molar-refractivity contribution in [2.75, 3.05) is 9.80 Å². The van der Waals surface area contributed by atoms with Gasteiger partial charge < -0.3 is 10.2 Å². The summed E-state index contributed by atoms with van der Waals surface area (Å²) in [5, 5.41) is 19.2. The summed E-state index contributed by atoms with van der Waals surface area (Å²) in [6.45, 7) is 0. The molecule has 0 atom stereocenters. The molecule has 2 aliphatic rings. The summed E-state index contributed by atoms with van der Waals surface area (Å²) >= 11 is 0. The van der Waals surface area contributed by atoms with Gasteiger partial charge in [0, 0.05) is 24.3 Å². The summed E-state index contributed by atoms with van der Waals surface area (Å²) in [5.74, 6) is -3.20. The molecule has 8 nitrogen and oxygen atoms in total. The summed E-state index contributed by atoms with van der Waals surface area (Å²) in [6, 6.07) is 11.1. The monoisotopic (exact) mass is 376 g/mol. The van der Waals surface area contributed by atoms with Crippen molar-refractivity contribution in [1.82, 2.24) is 0 Å². The van der Waals surface area contributed by atoms with E-state index in [9.17, 15) is 29.4 Å². The van der Waals surface area contributed by atoms with Crippen molar-refractivity contribution in [2.24, 2.45) is 0 Å². The Morgan fingerprint density at radius 2 is 1.00 bits per heavy atom. The van der Waals surface area contributed by atoms with Crippen molar-refractivity contribution < 1.29 is 29.4 Å². The van der Waals surface area contributed by atoms with Gasteiger partial charge in [0.15, 0.2) is 0 Å².